The molecule has 1 saturated heterocycles. The van der Waals surface area contributed by atoms with Crippen molar-refractivity contribution in [1.29, 1.82) is 0 Å². The average molecular weight is 446 g/mol. The summed E-state index contributed by atoms with van der Waals surface area (Å²) in [5.41, 5.74) is 0.894. The lowest BCUT2D eigenvalue weighted by molar-refractivity contribution is -0.125. The first kappa shape index (κ1) is 20.6. The normalized spacial score (nSPS) is 16.2. The Morgan fingerprint density at radius 2 is 1.80 bits per heavy atom. The van der Waals surface area contributed by atoms with Crippen molar-refractivity contribution in [1.82, 2.24) is 14.2 Å². The van der Waals surface area contributed by atoms with E-state index in [9.17, 15) is 17.6 Å². The number of thiazole rings is 1. The summed E-state index contributed by atoms with van der Waals surface area (Å²) in [5.74, 6) is -0.656. The number of para-hydroxylation sites is 1. The topological polar surface area (TPSA) is 70.6 Å². The van der Waals surface area contributed by atoms with Crippen LogP contribution in [0.4, 0.5) is 4.39 Å². The predicted molar refractivity (Wildman–Crippen MR) is 115 cm³/mol. The van der Waals surface area contributed by atoms with Crippen LogP contribution in [0, 0.1) is 5.82 Å². The van der Waals surface area contributed by atoms with Gasteiger partial charge in [0, 0.05) is 32.3 Å². The van der Waals surface area contributed by atoms with E-state index in [0.29, 0.717) is 26.1 Å². The van der Waals surface area contributed by atoms with E-state index in [1.54, 1.807) is 11.0 Å². The number of sulfonamides is 1. The van der Waals surface area contributed by atoms with Crippen molar-refractivity contribution in [2.45, 2.75) is 11.3 Å². The molecular weight excluding hydrogens is 425 g/mol. The summed E-state index contributed by atoms with van der Waals surface area (Å²) >= 11 is 1.51. The monoisotopic (exact) mass is 445 g/mol. The van der Waals surface area contributed by atoms with Crippen LogP contribution in [-0.4, -0.2) is 54.7 Å². The molecule has 2 heterocycles. The second-order valence-corrected chi connectivity index (χ2v) is 9.89. The number of carbonyl (C=O) groups excluding carboxylic acids is 1. The molecule has 0 radical (unpaired) electrons. The quantitative estimate of drug-likeness (QED) is 0.578. The van der Waals surface area contributed by atoms with Crippen molar-refractivity contribution in [3.8, 4) is 0 Å². The molecule has 1 aromatic heterocycles. The van der Waals surface area contributed by atoms with E-state index in [0.717, 1.165) is 27.4 Å². The molecule has 1 aliphatic heterocycles. The number of carbonyl (C=O) groups is 1. The summed E-state index contributed by atoms with van der Waals surface area (Å²) in [7, 11) is -3.72. The van der Waals surface area contributed by atoms with Gasteiger partial charge in [0.2, 0.25) is 15.9 Å². The minimum atomic E-state index is -3.72. The van der Waals surface area contributed by atoms with Gasteiger partial charge in [0.25, 0.3) is 0 Å². The van der Waals surface area contributed by atoms with E-state index in [1.807, 2.05) is 24.3 Å². The molecule has 0 N–H and O–H groups in total. The van der Waals surface area contributed by atoms with Gasteiger partial charge in [-0.15, -0.1) is 11.3 Å². The van der Waals surface area contributed by atoms with Crippen LogP contribution >= 0.6 is 11.3 Å². The van der Waals surface area contributed by atoms with Crippen molar-refractivity contribution in [3.05, 3.63) is 65.4 Å². The highest BCUT2D eigenvalue weighted by Gasteiger charge is 2.27. The molecule has 9 heteroatoms. The SMILES string of the molecule is O=C(C=Cc1nc2ccccc2s1)N1CCCN(S(=O)(=O)c2ccc(F)cc2)CC1. The van der Waals surface area contributed by atoms with Crippen LogP contribution in [-0.2, 0) is 14.8 Å². The maximum Gasteiger partial charge on any atom is 0.246 e. The van der Waals surface area contributed by atoms with E-state index in [4.69, 9.17) is 0 Å². The number of hydrogen-bond acceptors (Lipinski definition) is 5. The molecule has 1 aliphatic rings. The van der Waals surface area contributed by atoms with Crippen LogP contribution < -0.4 is 0 Å². The van der Waals surface area contributed by atoms with Gasteiger partial charge in [-0.3, -0.25) is 4.79 Å². The first-order valence-corrected chi connectivity index (χ1v) is 11.8. The van der Waals surface area contributed by atoms with Gasteiger partial charge in [-0.2, -0.15) is 4.31 Å². The van der Waals surface area contributed by atoms with E-state index < -0.39 is 15.8 Å². The Kier molecular flexibility index (Phi) is 5.94. The number of halogens is 1. The average Bonchev–Trinajstić information content (AvgIpc) is 2.98. The molecule has 0 saturated carbocycles. The lowest BCUT2D eigenvalue weighted by Crippen LogP contribution is -2.36. The Morgan fingerprint density at radius 3 is 2.57 bits per heavy atom. The highest BCUT2D eigenvalue weighted by Crippen LogP contribution is 2.23. The van der Waals surface area contributed by atoms with Gasteiger partial charge < -0.3 is 4.90 Å². The molecule has 30 heavy (non-hydrogen) atoms. The molecule has 1 fully saturated rings. The standard InChI is InChI=1S/C21H20FN3O3S2/c22-16-6-8-17(9-7-16)30(27,28)25-13-3-12-24(14-15-25)21(26)11-10-20-23-18-4-1-2-5-19(18)29-20/h1-2,4-11H,3,12-15H2. The highest BCUT2D eigenvalue weighted by molar-refractivity contribution is 7.89. The molecule has 1 amide bonds. The smallest absolute Gasteiger partial charge is 0.246 e. The number of fused-ring (bicyclic) bond motifs is 1. The maximum atomic E-state index is 13.1. The predicted octanol–water partition coefficient (Wildman–Crippen LogP) is 3.37. The molecule has 0 spiro atoms. The molecule has 0 aliphatic carbocycles. The molecule has 156 valence electrons. The minimum Gasteiger partial charge on any atom is -0.338 e. The Balaban J connectivity index is 1.42. The largest absolute Gasteiger partial charge is 0.338 e. The molecular formula is C21H20FN3O3S2. The molecule has 0 atom stereocenters. The van der Waals surface area contributed by atoms with Crippen LogP contribution in [0.3, 0.4) is 0 Å². The zero-order chi connectivity index (χ0) is 21.1. The van der Waals surface area contributed by atoms with Crippen molar-refractivity contribution in [2.75, 3.05) is 26.2 Å². The Hall–Kier alpha value is -2.62. The van der Waals surface area contributed by atoms with Crippen LogP contribution in [0.5, 0.6) is 0 Å². The molecule has 4 rings (SSSR count). The number of nitrogens with zero attached hydrogens (tertiary/aromatic N) is 3. The van der Waals surface area contributed by atoms with E-state index in [2.05, 4.69) is 4.98 Å². The zero-order valence-electron chi connectivity index (χ0n) is 16.1. The van der Waals surface area contributed by atoms with Gasteiger partial charge in [-0.1, -0.05) is 12.1 Å². The molecule has 3 aromatic rings. The fourth-order valence-corrected chi connectivity index (χ4v) is 5.66. The summed E-state index contributed by atoms with van der Waals surface area (Å²) in [6.45, 7) is 1.27. The van der Waals surface area contributed by atoms with Gasteiger partial charge in [-0.05, 0) is 48.9 Å². The lowest BCUT2D eigenvalue weighted by Gasteiger charge is -2.21. The van der Waals surface area contributed by atoms with Gasteiger partial charge in [0.15, 0.2) is 0 Å². The van der Waals surface area contributed by atoms with E-state index >= 15 is 0 Å². The van der Waals surface area contributed by atoms with E-state index in [1.165, 1.54) is 33.9 Å². The second-order valence-electron chi connectivity index (χ2n) is 6.89. The van der Waals surface area contributed by atoms with Gasteiger partial charge in [0.1, 0.15) is 10.8 Å². The molecule has 0 unspecified atom stereocenters. The number of benzene rings is 2. The number of rotatable bonds is 4. The molecule has 2 aromatic carbocycles. The third-order valence-electron chi connectivity index (χ3n) is 4.90. The Bertz CT molecular complexity index is 1160. The van der Waals surface area contributed by atoms with Crippen molar-refractivity contribution in [2.24, 2.45) is 0 Å². The van der Waals surface area contributed by atoms with Crippen LogP contribution in [0.2, 0.25) is 0 Å². The van der Waals surface area contributed by atoms with Crippen LogP contribution in [0.25, 0.3) is 16.3 Å². The number of amides is 1. The maximum absolute atomic E-state index is 13.1. The third-order valence-corrected chi connectivity index (χ3v) is 7.81. The summed E-state index contributed by atoms with van der Waals surface area (Å²) < 4.78 is 41.1. The summed E-state index contributed by atoms with van der Waals surface area (Å²) in [5, 5.41) is 0.750. The first-order chi connectivity index (χ1) is 14.4. The number of aromatic nitrogens is 1. The van der Waals surface area contributed by atoms with Crippen molar-refractivity contribution >= 4 is 43.6 Å². The first-order valence-electron chi connectivity index (χ1n) is 9.52. The second kappa shape index (κ2) is 8.63. The molecule has 0 bridgehead atoms. The Labute approximate surface area is 178 Å². The van der Waals surface area contributed by atoms with Crippen LogP contribution in [0.1, 0.15) is 11.4 Å². The third kappa shape index (κ3) is 4.43. The van der Waals surface area contributed by atoms with Crippen molar-refractivity contribution < 1.29 is 17.6 Å². The molecule has 6 nitrogen and oxygen atoms in total. The summed E-state index contributed by atoms with van der Waals surface area (Å²) in [6, 6.07) is 12.6. The van der Waals surface area contributed by atoms with Crippen molar-refractivity contribution in [3.63, 3.8) is 0 Å². The number of hydrogen-bond donors (Lipinski definition) is 0. The summed E-state index contributed by atoms with van der Waals surface area (Å²) in [4.78, 5) is 18.8. The van der Waals surface area contributed by atoms with Gasteiger partial charge in [0.05, 0.1) is 15.1 Å². The lowest BCUT2D eigenvalue weighted by atomic mass is 10.3. The highest BCUT2D eigenvalue weighted by atomic mass is 32.2. The fraction of sp³-hybridized carbons (Fsp3) is 0.238. The van der Waals surface area contributed by atoms with Gasteiger partial charge in [-0.25, -0.2) is 17.8 Å². The zero-order valence-corrected chi connectivity index (χ0v) is 17.7. The van der Waals surface area contributed by atoms with Crippen LogP contribution in [0.15, 0.2) is 59.5 Å². The van der Waals surface area contributed by atoms with Gasteiger partial charge >= 0.3 is 0 Å². The Morgan fingerprint density at radius 1 is 1.03 bits per heavy atom. The summed E-state index contributed by atoms with van der Waals surface area (Å²) in [6.07, 6.45) is 3.72. The fourth-order valence-electron chi connectivity index (χ4n) is 3.32. The minimum absolute atomic E-state index is 0.0550. The van der Waals surface area contributed by atoms with E-state index in [-0.39, 0.29) is 17.3 Å².